The summed E-state index contributed by atoms with van der Waals surface area (Å²) in [4.78, 5) is 2.58. The number of likely N-dealkylation sites (tertiary alicyclic amines) is 1. The SMILES string of the molecule is Clc1ccc(CCN2CCC(c3nnc4n3CCCc3ccccc3-4)CC2)cc1. The molecule has 0 amide bonds. The highest BCUT2D eigenvalue weighted by atomic mass is 35.5. The molecule has 0 N–H and O–H groups in total. The first-order chi connectivity index (χ1) is 14.3. The van der Waals surface area contributed by atoms with Crippen molar-refractivity contribution in [2.45, 2.75) is 44.6 Å². The number of piperidine rings is 1. The van der Waals surface area contributed by atoms with Crippen LogP contribution in [0.3, 0.4) is 0 Å². The van der Waals surface area contributed by atoms with Gasteiger partial charge in [-0.25, -0.2) is 0 Å². The molecule has 4 nitrogen and oxygen atoms in total. The van der Waals surface area contributed by atoms with E-state index in [1.165, 1.54) is 35.4 Å². The van der Waals surface area contributed by atoms with Gasteiger partial charge in [-0.05, 0) is 68.5 Å². The van der Waals surface area contributed by atoms with Gasteiger partial charge in [0, 0.05) is 29.6 Å². The maximum atomic E-state index is 5.99. The third kappa shape index (κ3) is 3.96. The molecule has 1 fully saturated rings. The molecule has 5 rings (SSSR count). The van der Waals surface area contributed by atoms with Crippen molar-refractivity contribution in [3.8, 4) is 11.4 Å². The highest BCUT2D eigenvalue weighted by Gasteiger charge is 2.27. The molecule has 5 heteroatoms. The van der Waals surface area contributed by atoms with E-state index in [2.05, 4.69) is 56.1 Å². The maximum Gasteiger partial charge on any atom is 0.164 e. The Bertz CT molecular complexity index is 971. The Morgan fingerprint density at radius 1 is 0.931 bits per heavy atom. The van der Waals surface area contributed by atoms with Crippen LogP contribution in [0.25, 0.3) is 11.4 Å². The molecule has 2 aliphatic heterocycles. The zero-order valence-corrected chi connectivity index (χ0v) is 17.5. The highest BCUT2D eigenvalue weighted by molar-refractivity contribution is 6.30. The van der Waals surface area contributed by atoms with E-state index in [1.54, 1.807) is 0 Å². The van der Waals surface area contributed by atoms with Crippen LogP contribution in [0.15, 0.2) is 48.5 Å². The van der Waals surface area contributed by atoms with Gasteiger partial charge in [-0.3, -0.25) is 0 Å². The fraction of sp³-hybridized carbons (Fsp3) is 0.417. The topological polar surface area (TPSA) is 34.0 Å². The molecule has 0 spiro atoms. The third-order valence-corrected chi connectivity index (χ3v) is 6.70. The van der Waals surface area contributed by atoms with Crippen molar-refractivity contribution in [1.82, 2.24) is 19.7 Å². The maximum absolute atomic E-state index is 5.99. The second kappa shape index (κ2) is 8.29. The Labute approximate surface area is 177 Å². The molecular formula is C24H27ClN4. The molecule has 2 aromatic carbocycles. The van der Waals surface area contributed by atoms with Crippen molar-refractivity contribution in [3.63, 3.8) is 0 Å². The normalized spacial score (nSPS) is 17.6. The standard InChI is InChI=1S/C24H27ClN4/c25-21-9-7-18(8-10-21)11-15-28-16-12-20(13-17-28)23-26-27-24-22-6-2-1-4-19(22)5-3-14-29(23)24/h1-2,4,6-10,20H,3,5,11-17H2. The fourth-order valence-electron chi connectivity index (χ4n) is 4.77. The number of halogens is 1. The summed E-state index contributed by atoms with van der Waals surface area (Å²) >= 11 is 5.99. The van der Waals surface area contributed by atoms with Crippen molar-refractivity contribution in [1.29, 1.82) is 0 Å². The molecule has 0 saturated carbocycles. The van der Waals surface area contributed by atoms with Crippen LogP contribution >= 0.6 is 11.6 Å². The Balaban J connectivity index is 1.24. The summed E-state index contributed by atoms with van der Waals surface area (Å²) in [5.41, 5.74) is 4.03. The van der Waals surface area contributed by atoms with Gasteiger partial charge in [-0.15, -0.1) is 10.2 Å². The Morgan fingerprint density at radius 3 is 2.55 bits per heavy atom. The van der Waals surface area contributed by atoms with E-state index < -0.39 is 0 Å². The van der Waals surface area contributed by atoms with Gasteiger partial charge < -0.3 is 9.47 Å². The Kier molecular flexibility index (Phi) is 5.38. The lowest BCUT2D eigenvalue weighted by Gasteiger charge is -2.31. The Morgan fingerprint density at radius 2 is 1.72 bits per heavy atom. The minimum atomic E-state index is 0.522. The second-order valence-corrected chi connectivity index (χ2v) is 8.72. The predicted molar refractivity (Wildman–Crippen MR) is 117 cm³/mol. The lowest BCUT2D eigenvalue weighted by atomic mass is 9.95. The van der Waals surface area contributed by atoms with Gasteiger partial charge >= 0.3 is 0 Å². The van der Waals surface area contributed by atoms with Gasteiger partial charge in [0.2, 0.25) is 0 Å². The number of rotatable bonds is 4. The number of fused-ring (bicyclic) bond motifs is 3. The lowest BCUT2D eigenvalue weighted by Crippen LogP contribution is -2.35. The molecule has 2 aliphatic rings. The van der Waals surface area contributed by atoms with Crippen molar-refractivity contribution >= 4 is 11.6 Å². The molecule has 29 heavy (non-hydrogen) atoms. The van der Waals surface area contributed by atoms with E-state index in [9.17, 15) is 0 Å². The van der Waals surface area contributed by atoms with E-state index in [-0.39, 0.29) is 0 Å². The van der Waals surface area contributed by atoms with Gasteiger partial charge in [0.15, 0.2) is 5.82 Å². The number of nitrogens with zero attached hydrogens (tertiary/aromatic N) is 4. The molecule has 0 radical (unpaired) electrons. The van der Waals surface area contributed by atoms with Crippen LogP contribution in [0, 0.1) is 0 Å². The van der Waals surface area contributed by atoms with Gasteiger partial charge in [0.25, 0.3) is 0 Å². The highest BCUT2D eigenvalue weighted by Crippen LogP contribution is 2.33. The molecule has 0 bridgehead atoms. The first kappa shape index (κ1) is 18.8. The van der Waals surface area contributed by atoms with Crippen LogP contribution in [0.2, 0.25) is 5.02 Å². The molecular weight excluding hydrogens is 380 g/mol. The second-order valence-electron chi connectivity index (χ2n) is 8.29. The largest absolute Gasteiger partial charge is 0.311 e. The first-order valence-corrected chi connectivity index (χ1v) is 11.1. The van der Waals surface area contributed by atoms with E-state index in [0.717, 1.165) is 56.3 Å². The number of hydrogen-bond donors (Lipinski definition) is 0. The molecule has 3 aromatic rings. The Hall–Kier alpha value is -2.17. The summed E-state index contributed by atoms with van der Waals surface area (Å²) in [6.07, 6.45) is 5.71. The monoisotopic (exact) mass is 406 g/mol. The number of aryl methyl sites for hydroxylation is 1. The zero-order valence-electron chi connectivity index (χ0n) is 16.7. The summed E-state index contributed by atoms with van der Waals surface area (Å²) in [5.74, 6) is 2.79. The van der Waals surface area contributed by atoms with Gasteiger partial charge in [-0.2, -0.15) is 0 Å². The molecule has 150 valence electrons. The summed E-state index contributed by atoms with van der Waals surface area (Å²) in [6.45, 7) is 4.41. The number of aromatic nitrogens is 3. The van der Waals surface area contributed by atoms with Crippen molar-refractivity contribution < 1.29 is 0 Å². The van der Waals surface area contributed by atoms with Crippen LogP contribution in [0.4, 0.5) is 0 Å². The summed E-state index contributed by atoms with van der Waals surface area (Å²) < 4.78 is 2.40. The summed E-state index contributed by atoms with van der Waals surface area (Å²) in [5, 5.41) is 10.1. The van der Waals surface area contributed by atoms with Gasteiger partial charge in [-0.1, -0.05) is 48.0 Å². The van der Waals surface area contributed by atoms with Crippen LogP contribution in [0.5, 0.6) is 0 Å². The quantitative estimate of drug-likeness (QED) is 0.613. The molecule has 0 atom stereocenters. The fourth-order valence-corrected chi connectivity index (χ4v) is 4.90. The third-order valence-electron chi connectivity index (χ3n) is 6.45. The zero-order chi connectivity index (χ0) is 19.6. The number of benzene rings is 2. The minimum absolute atomic E-state index is 0.522. The van der Waals surface area contributed by atoms with Crippen molar-refractivity contribution in [3.05, 3.63) is 70.5 Å². The molecule has 0 aliphatic carbocycles. The average molecular weight is 407 g/mol. The van der Waals surface area contributed by atoms with Crippen LogP contribution < -0.4 is 0 Å². The smallest absolute Gasteiger partial charge is 0.164 e. The minimum Gasteiger partial charge on any atom is -0.311 e. The van der Waals surface area contributed by atoms with Crippen molar-refractivity contribution in [2.24, 2.45) is 0 Å². The molecule has 3 heterocycles. The number of hydrogen-bond acceptors (Lipinski definition) is 3. The van der Waals surface area contributed by atoms with Gasteiger partial charge in [0.05, 0.1) is 0 Å². The summed E-state index contributed by atoms with van der Waals surface area (Å²) in [7, 11) is 0. The van der Waals surface area contributed by atoms with E-state index in [0.29, 0.717) is 5.92 Å². The van der Waals surface area contributed by atoms with Crippen LogP contribution in [0.1, 0.15) is 42.1 Å². The van der Waals surface area contributed by atoms with Gasteiger partial charge in [0.1, 0.15) is 5.82 Å². The lowest BCUT2D eigenvalue weighted by molar-refractivity contribution is 0.209. The van der Waals surface area contributed by atoms with Crippen molar-refractivity contribution in [2.75, 3.05) is 19.6 Å². The molecule has 1 saturated heterocycles. The molecule has 1 aromatic heterocycles. The van der Waals surface area contributed by atoms with E-state index in [4.69, 9.17) is 11.6 Å². The molecule has 0 unspecified atom stereocenters. The van der Waals surface area contributed by atoms with Crippen LogP contribution in [-0.4, -0.2) is 39.3 Å². The summed E-state index contributed by atoms with van der Waals surface area (Å²) in [6, 6.07) is 16.9. The van der Waals surface area contributed by atoms with E-state index in [1.807, 2.05) is 12.1 Å². The predicted octanol–water partition coefficient (Wildman–Crippen LogP) is 4.97. The van der Waals surface area contributed by atoms with Crippen LogP contribution in [-0.2, 0) is 19.4 Å². The first-order valence-electron chi connectivity index (χ1n) is 10.8. The van der Waals surface area contributed by atoms with E-state index >= 15 is 0 Å². The average Bonchev–Trinajstić information content (AvgIpc) is 3.09.